The van der Waals surface area contributed by atoms with Gasteiger partial charge in [-0.15, -0.1) is 12.4 Å². The number of piperidine rings is 1. The van der Waals surface area contributed by atoms with Crippen LogP contribution in [0.2, 0.25) is 0 Å². The van der Waals surface area contributed by atoms with Crippen molar-refractivity contribution >= 4 is 12.4 Å². The van der Waals surface area contributed by atoms with Crippen molar-refractivity contribution < 1.29 is 33.2 Å². The van der Waals surface area contributed by atoms with Gasteiger partial charge in [0, 0.05) is 22.9 Å². The van der Waals surface area contributed by atoms with Gasteiger partial charge in [-0.05, 0) is 51.4 Å². The molecule has 3 N–H and O–H groups in total. The number of aromatic hydroxyl groups is 1. The number of halogens is 4. The molecule has 9 heteroatoms. The van der Waals surface area contributed by atoms with Gasteiger partial charge in [-0.2, -0.15) is 13.2 Å². The van der Waals surface area contributed by atoms with Crippen LogP contribution in [0.15, 0.2) is 24.3 Å². The number of nitrogens with zero attached hydrogens (tertiary/aromatic N) is 1. The van der Waals surface area contributed by atoms with E-state index in [-0.39, 0.29) is 36.4 Å². The zero-order chi connectivity index (χ0) is 21.5. The van der Waals surface area contributed by atoms with Crippen molar-refractivity contribution in [2.45, 2.75) is 61.1 Å². The maximum atomic E-state index is 13.9. The number of rotatable bonds is 1. The Balaban J connectivity index is 0.00000204. The number of alkyl halides is 3. The molecule has 0 aromatic heterocycles. The molecular formula is C22H25ClF3NO4. The summed E-state index contributed by atoms with van der Waals surface area (Å²) in [5.74, 6) is -1.27. The van der Waals surface area contributed by atoms with Gasteiger partial charge in [-0.3, -0.25) is 0 Å². The summed E-state index contributed by atoms with van der Waals surface area (Å²) in [6, 6.07) is 3.33. The number of phenols is 1. The third-order valence-corrected chi connectivity index (χ3v) is 9.00. The molecule has 1 aromatic carbocycles. The molecule has 0 amide bonds. The summed E-state index contributed by atoms with van der Waals surface area (Å²) in [5, 5.41) is 32.9. The number of hydrogen-bond donors (Lipinski definition) is 3. The van der Waals surface area contributed by atoms with Crippen molar-refractivity contribution in [1.82, 2.24) is 4.90 Å². The number of aliphatic hydroxyl groups is 2. The van der Waals surface area contributed by atoms with Crippen LogP contribution in [0.25, 0.3) is 0 Å². The van der Waals surface area contributed by atoms with Gasteiger partial charge in [-0.25, -0.2) is 0 Å². The van der Waals surface area contributed by atoms with Crippen molar-refractivity contribution in [3.05, 3.63) is 35.4 Å². The molecule has 1 saturated heterocycles. The normalized spacial score (nSPS) is 43.6. The first-order valence-corrected chi connectivity index (χ1v) is 10.3. The molecule has 5 nitrogen and oxygen atoms in total. The van der Waals surface area contributed by atoms with Gasteiger partial charge >= 0.3 is 6.18 Å². The average Bonchev–Trinajstić information content (AvgIpc) is 3.03. The van der Waals surface area contributed by atoms with E-state index in [0.29, 0.717) is 19.4 Å². The molecule has 7 rings (SSSR count). The Morgan fingerprint density at radius 1 is 1.23 bits per heavy atom. The van der Waals surface area contributed by atoms with Crippen LogP contribution in [0.1, 0.15) is 30.9 Å². The lowest BCUT2D eigenvalue weighted by atomic mass is 9.36. The standard InChI is InChI=1S/C22H24F3NO4.ClH/c1-18(28,22(23,24)25)13-10-19-5-6-21(13,29)17-20(19)7-8-26(2)14(19)9-11-3-4-12(27)16(30-17)15(11)20;/h3-6,13-14,17,27-29H,7-10H2,1-2H3;1H/t13-,14-,17-,18-,19-,20+,21-;/m1./s1. The number of ether oxygens (including phenoxy) is 1. The first-order chi connectivity index (χ1) is 13.9. The van der Waals surface area contributed by atoms with Gasteiger partial charge in [-0.1, -0.05) is 18.2 Å². The second-order valence-corrected chi connectivity index (χ2v) is 10.0. The highest BCUT2D eigenvalue weighted by atomic mass is 35.5. The molecule has 0 radical (unpaired) electrons. The van der Waals surface area contributed by atoms with E-state index in [9.17, 15) is 28.5 Å². The summed E-state index contributed by atoms with van der Waals surface area (Å²) in [4.78, 5) is 2.18. The molecule has 0 unspecified atom stereocenters. The Labute approximate surface area is 183 Å². The van der Waals surface area contributed by atoms with Crippen LogP contribution in [0.5, 0.6) is 11.5 Å². The maximum Gasteiger partial charge on any atom is 0.417 e. The number of hydrogen-bond acceptors (Lipinski definition) is 5. The van der Waals surface area contributed by atoms with E-state index >= 15 is 0 Å². The summed E-state index contributed by atoms with van der Waals surface area (Å²) in [7, 11) is 1.98. The van der Waals surface area contributed by atoms with Crippen LogP contribution in [-0.2, 0) is 11.8 Å². The predicted molar refractivity (Wildman–Crippen MR) is 107 cm³/mol. The Morgan fingerprint density at radius 3 is 2.61 bits per heavy atom. The van der Waals surface area contributed by atoms with Crippen molar-refractivity contribution in [2.75, 3.05) is 13.6 Å². The Bertz CT molecular complexity index is 1010. The summed E-state index contributed by atoms with van der Waals surface area (Å²) in [5.41, 5.74) is -4.72. The fourth-order valence-corrected chi connectivity index (χ4v) is 7.60. The van der Waals surface area contributed by atoms with Crippen LogP contribution in [-0.4, -0.2) is 63.3 Å². The van der Waals surface area contributed by atoms with Gasteiger partial charge in [0.25, 0.3) is 0 Å². The van der Waals surface area contributed by atoms with Gasteiger partial charge in [0.15, 0.2) is 17.1 Å². The van der Waals surface area contributed by atoms with Crippen molar-refractivity contribution in [3.63, 3.8) is 0 Å². The SMILES string of the molecule is CN1CC[C@]23c4c5ccc(O)c4O[C@H]2[C@@]2(O)C=C[C@@]3(C[C@@H]2[C@@](C)(O)C(F)(F)F)[C@H]1C5.Cl. The van der Waals surface area contributed by atoms with Crippen LogP contribution < -0.4 is 4.74 Å². The summed E-state index contributed by atoms with van der Waals surface area (Å²) in [6.07, 6.45) is -1.38. The third kappa shape index (κ3) is 2.03. The lowest BCUT2D eigenvalue weighted by molar-refractivity contribution is -0.318. The van der Waals surface area contributed by atoms with Crippen molar-refractivity contribution in [3.8, 4) is 11.5 Å². The zero-order valence-electron chi connectivity index (χ0n) is 17.1. The van der Waals surface area contributed by atoms with E-state index in [4.69, 9.17) is 4.74 Å². The second-order valence-electron chi connectivity index (χ2n) is 10.0. The maximum absolute atomic E-state index is 13.9. The Kier molecular flexibility index (Phi) is 3.93. The molecular weight excluding hydrogens is 435 g/mol. The molecule has 2 heterocycles. The molecule has 1 saturated carbocycles. The molecule has 2 fully saturated rings. The van der Waals surface area contributed by atoms with Crippen LogP contribution in [0.4, 0.5) is 13.2 Å². The summed E-state index contributed by atoms with van der Waals surface area (Å²) >= 11 is 0. The zero-order valence-corrected chi connectivity index (χ0v) is 17.9. The molecule has 2 spiro atoms. The lowest BCUT2D eigenvalue weighted by Crippen LogP contribution is -2.81. The Morgan fingerprint density at radius 2 is 1.94 bits per heavy atom. The van der Waals surface area contributed by atoms with E-state index < -0.39 is 40.2 Å². The fourth-order valence-electron chi connectivity index (χ4n) is 7.60. The quantitative estimate of drug-likeness (QED) is 0.563. The van der Waals surface area contributed by atoms with Crippen molar-refractivity contribution in [1.29, 1.82) is 0 Å². The monoisotopic (exact) mass is 459 g/mol. The van der Waals surface area contributed by atoms with Gasteiger partial charge < -0.3 is 25.0 Å². The van der Waals surface area contributed by atoms with Gasteiger partial charge in [0.2, 0.25) is 0 Å². The number of phenolic OH excluding ortho intramolecular Hbond substituents is 1. The second kappa shape index (κ2) is 5.71. The van der Waals surface area contributed by atoms with Crippen LogP contribution >= 0.6 is 12.4 Å². The minimum atomic E-state index is -4.91. The highest BCUT2D eigenvalue weighted by Crippen LogP contribution is 2.75. The van der Waals surface area contributed by atoms with E-state index in [1.54, 1.807) is 6.07 Å². The smallest absolute Gasteiger partial charge is 0.417 e. The number of benzene rings is 1. The van der Waals surface area contributed by atoms with Crippen molar-refractivity contribution in [2.24, 2.45) is 11.3 Å². The van der Waals surface area contributed by atoms with E-state index in [1.807, 2.05) is 19.2 Å². The number of likely N-dealkylation sites (tertiary alicyclic amines) is 1. The minimum Gasteiger partial charge on any atom is -0.504 e. The average molecular weight is 460 g/mol. The molecule has 1 aromatic rings. The largest absolute Gasteiger partial charge is 0.504 e. The first-order valence-electron chi connectivity index (χ1n) is 10.3. The highest BCUT2D eigenvalue weighted by molar-refractivity contribution is 5.85. The van der Waals surface area contributed by atoms with Crippen LogP contribution in [0.3, 0.4) is 0 Å². The molecule has 2 aliphatic heterocycles. The molecule has 7 atom stereocenters. The number of likely N-dealkylation sites (N-methyl/N-ethyl adjacent to an activating group) is 1. The van der Waals surface area contributed by atoms with Gasteiger partial charge in [0.05, 0.1) is 5.41 Å². The first kappa shape index (κ1) is 21.4. The molecule has 4 aliphatic carbocycles. The van der Waals surface area contributed by atoms with E-state index in [0.717, 1.165) is 18.1 Å². The molecule has 170 valence electrons. The summed E-state index contributed by atoms with van der Waals surface area (Å²) in [6.45, 7) is 1.46. The fraction of sp³-hybridized carbons (Fsp3) is 0.636. The van der Waals surface area contributed by atoms with E-state index in [1.165, 1.54) is 6.08 Å². The van der Waals surface area contributed by atoms with E-state index in [2.05, 4.69) is 4.90 Å². The third-order valence-electron chi connectivity index (χ3n) is 9.00. The Hall–Kier alpha value is -1.48. The lowest BCUT2D eigenvalue weighted by Gasteiger charge is -2.71. The summed E-state index contributed by atoms with van der Waals surface area (Å²) < 4.78 is 47.9. The highest BCUT2D eigenvalue weighted by Gasteiger charge is 2.81. The minimum absolute atomic E-state index is 0. The van der Waals surface area contributed by atoms with Gasteiger partial charge in [0.1, 0.15) is 11.7 Å². The predicted octanol–water partition coefficient (Wildman–Crippen LogP) is 2.69. The topological polar surface area (TPSA) is 73.2 Å². The molecule has 4 bridgehead atoms. The molecule has 31 heavy (non-hydrogen) atoms. The number of fused-ring (bicyclic) bond motifs is 1. The molecule has 6 aliphatic rings. The van der Waals surface area contributed by atoms with Crippen LogP contribution in [0, 0.1) is 11.3 Å².